The number of hydrogen-bond donors (Lipinski definition) is 2. The lowest BCUT2D eigenvalue weighted by atomic mass is 10.1. The van der Waals surface area contributed by atoms with Crippen LogP contribution in [-0.4, -0.2) is 30.5 Å². The summed E-state index contributed by atoms with van der Waals surface area (Å²) in [6, 6.07) is 19.3. The molecule has 0 amide bonds. The predicted molar refractivity (Wildman–Crippen MR) is 124 cm³/mol. The molecular weight excluding hydrogens is 447 g/mol. The molecule has 0 saturated carbocycles. The zero-order chi connectivity index (χ0) is 18.0. The third kappa shape index (κ3) is 7.50. The number of likely N-dealkylation sites (tertiary alicyclic amines) is 1. The largest absolute Gasteiger partial charge is 0.357 e. The quantitative estimate of drug-likeness (QED) is 0.357. The fraction of sp³-hybridized carbons (Fsp3) is 0.409. The van der Waals surface area contributed by atoms with E-state index in [9.17, 15) is 0 Å². The molecule has 0 spiro atoms. The van der Waals surface area contributed by atoms with Gasteiger partial charge in [0, 0.05) is 19.6 Å². The van der Waals surface area contributed by atoms with Crippen LogP contribution in [0.15, 0.2) is 59.6 Å². The van der Waals surface area contributed by atoms with E-state index in [0.717, 1.165) is 25.6 Å². The van der Waals surface area contributed by atoms with E-state index in [1.54, 1.807) is 0 Å². The van der Waals surface area contributed by atoms with Gasteiger partial charge in [-0.1, -0.05) is 54.6 Å². The van der Waals surface area contributed by atoms with Crippen molar-refractivity contribution in [3.63, 3.8) is 0 Å². The van der Waals surface area contributed by atoms with Crippen LogP contribution >= 0.6 is 24.0 Å². The fourth-order valence-electron chi connectivity index (χ4n) is 3.24. The Kier molecular flexibility index (Phi) is 9.62. The minimum absolute atomic E-state index is 0. The van der Waals surface area contributed by atoms with Crippen LogP contribution in [0.1, 0.15) is 36.5 Å². The van der Waals surface area contributed by atoms with Crippen molar-refractivity contribution in [2.45, 2.75) is 39.4 Å². The number of guanidine groups is 1. The van der Waals surface area contributed by atoms with Crippen molar-refractivity contribution in [2.75, 3.05) is 19.6 Å². The standard InChI is InChI=1S/C22H30N4.HI/c1-2-23-22(24-16-19-8-4-3-5-9-19)25-17-20-10-12-21(13-11-20)18-26-14-6-7-15-26;/h3-5,8-13H,2,6-7,14-18H2,1H3,(H2,23,24,25);1H. The summed E-state index contributed by atoms with van der Waals surface area (Å²) < 4.78 is 0. The second-order valence-corrected chi connectivity index (χ2v) is 6.83. The van der Waals surface area contributed by atoms with Crippen LogP contribution in [0.3, 0.4) is 0 Å². The van der Waals surface area contributed by atoms with Crippen molar-refractivity contribution in [2.24, 2.45) is 4.99 Å². The Morgan fingerprint density at radius 3 is 2.22 bits per heavy atom. The third-order valence-electron chi connectivity index (χ3n) is 4.69. The molecule has 1 aliphatic heterocycles. The molecule has 27 heavy (non-hydrogen) atoms. The average Bonchev–Trinajstić information content (AvgIpc) is 3.19. The van der Waals surface area contributed by atoms with Crippen LogP contribution in [0.2, 0.25) is 0 Å². The van der Waals surface area contributed by atoms with Gasteiger partial charge in [-0.2, -0.15) is 0 Å². The highest BCUT2D eigenvalue weighted by atomic mass is 127. The van der Waals surface area contributed by atoms with Gasteiger partial charge in [-0.3, -0.25) is 4.90 Å². The SMILES string of the molecule is CCNC(=NCc1ccccc1)NCc1ccc(CN2CCCC2)cc1.I. The molecule has 5 heteroatoms. The van der Waals surface area contributed by atoms with E-state index >= 15 is 0 Å². The zero-order valence-corrected chi connectivity index (χ0v) is 18.5. The Morgan fingerprint density at radius 1 is 0.889 bits per heavy atom. The number of aliphatic imine (C=N–C) groups is 1. The average molecular weight is 478 g/mol. The molecule has 0 aromatic heterocycles. The summed E-state index contributed by atoms with van der Waals surface area (Å²) in [4.78, 5) is 7.21. The molecule has 0 unspecified atom stereocenters. The van der Waals surface area contributed by atoms with Gasteiger partial charge in [0.1, 0.15) is 0 Å². The number of nitrogens with zero attached hydrogens (tertiary/aromatic N) is 2. The normalized spacial score (nSPS) is 14.6. The lowest BCUT2D eigenvalue weighted by molar-refractivity contribution is 0.331. The zero-order valence-electron chi connectivity index (χ0n) is 16.2. The predicted octanol–water partition coefficient (Wildman–Crippen LogP) is 4.16. The van der Waals surface area contributed by atoms with E-state index < -0.39 is 0 Å². The Bertz CT molecular complexity index is 679. The molecule has 0 atom stereocenters. The van der Waals surface area contributed by atoms with Crippen molar-refractivity contribution in [1.29, 1.82) is 0 Å². The van der Waals surface area contributed by atoms with Crippen LogP contribution in [0, 0.1) is 0 Å². The number of halogens is 1. The van der Waals surface area contributed by atoms with Crippen molar-refractivity contribution >= 4 is 29.9 Å². The summed E-state index contributed by atoms with van der Waals surface area (Å²) in [5.74, 6) is 0.859. The van der Waals surface area contributed by atoms with Gasteiger partial charge in [0.15, 0.2) is 5.96 Å². The Hall–Kier alpha value is -1.60. The van der Waals surface area contributed by atoms with Crippen LogP contribution in [-0.2, 0) is 19.6 Å². The van der Waals surface area contributed by atoms with Gasteiger partial charge in [0.25, 0.3) is 0 Å². The van der Waals surface area contributed by atoms with Gasteiger partial charge >= 0.3 is 0 Å². The third-order valence-corrected chi connectivity index (χ3v) is 4.69. The van der Waals surface area contributed by atoms with Gasteiger partial charge in [-0.05, 0) is 49.5 Å². The maximum atomic E-state index is 4.67. The van der Waals surface area contributed by atoms with Gasteiger partial charge in [0.05, 0.1) is 6.54 Å². The number of nitrogens with one attached hydrogen (secondary N) is 2. The molecule has 146 valence electrons. The minimum Gasteiger partial charge on any atom is -0.357 e. The van der Waals surface area contributed by atoms with Crippen LogP contribution in [0.25, 0.3) is 0 Å². The first kappa shape index (κ1) is 21.7. The number of hydrogen-bond acceptors (Lipinski definition) is 2. The molecule has 1 aliphatic rings. The summed E-state index contributed by atoms with van der Waals surface area (Å²) in [5, 5.41) is 6.74. The molecule has 0 bridgehead atoms. The molecule has 1 saturated heterocycles. The summed E-state index contributed by atoms with van der Waals surface area (Å²) in [6.45, 7) is 7.98. The Morgan fingerprint density at radius 2 is 1.56 bits per heavy atom. The van der Waals surface area contributed by atoms with Crippen molar-refractivity contribution in [3.05, 3.63) is 71.3 Å². The molecule has 0 radical (unpaired) electrons. The van der Waals surface area contributed by atoms with E-state index in [2.05, 4.69) is 76.0 Å². The molecule has 1 heterocycles. The van der Waals surface area contributed by atoms with Gasteiger partial charge in [0.2, 0.25) is 0 Å². The van der Waals surface area contributed by atoms with Gasteiger partial charge < -0.3 is 10.6 Å². The number of benzene rings is 2. The van der Waals surface area contributed by atoms with E-state index in [-0.39, 0.29) is 24.0 Å². The Balaban J connectivity index is 0.00000261. The fourth-order valence-corrected chi connectivity index (χ4v) is 3.24. The molecule has 0 aliphatic carbocycles. The number of rotatable bonds is 7. The highest BCUT2D eigenvalue weighted by Crippen LogP contribution is 2.13. The van der Waals surface area contributed by atoms with Crippen LogP contribution < -0.4 is 10.6 Å². The van der Waals surface area contributed by atoms with Crippen LogP contribution in [0.5, 0.6) is 0 Å². The maximum absolute atomic E-state index is 4.67. The second kappa shape index (κ2) is 12.0. The highest BCUT2D eigenvalue weighted by Gasteiger charge is 2.11. The molecule has 2 aromatic rings. The van der Waals surface area contributed by atoms with Gasteiger partial charge in [-0.25, -0.2) is 4.99 Å². The van der Waals surface area contributed by atoms with E-state index in [4.69, 9.17) is 0 Å². The molecular formula is C22H31IN4. The van der Waals surface area contributed by atoms with Gasteiger partial charge in [-0.15, -0.1) is 24.0 Å². The van der Waals surface area contributed by atoms with E-state index in [1.807, 2.05) is 6.07 Å². The van der Waals surface area contributed by atoms with Crippen molar-refractivity contribution in [1.82, 2.24) is 15.5 Å². The lowest BCUT2D eigenvalue weighted by Gasteiger charge is -2.15. The molecule has 2 aromatic carbocycles. The molecule has 1 fully saturated rings. The first-order valence-electron chi connectivity index (χ1n) is 9.70. The smallest absolute Gasteiger partial charge is 0.191 e. The van der Waals surface area contributed by atoms with E-state index in [0.29, 0.717) is 6.54 Å². The van der Waals surface area contributed by atoms with E-state index in [1.165, 1.54) is 42.6 Å². The first-order valence-corrected chi connectivity index (χ1v) is 9.70. The second-order valence-electron chi connectivity index (χ2n) is 6.83. The van der Waals surface area contributed by atoms with Crippen LogP contribution in [0.4, 0.5) is 0 Å². The molecule has 3 rings (SSSR count). The Labute approximate surface area is 180 Å². The summed E-state index contributed by atoms with van der Waals surface area (Å²) in [7, 11) is 0. The van der Waals surface area contributed by atoms with Crippen molar-refractivity contribution in [3.8, 4) is 0 Å². The first-order chi connectivity index (χ1) is 12.8. The maximum Gasteiger partial charge on any atom is 0.191 e. The minimum atomic E-state index is 0. The summed E-state index contributed by atoms with van der Waals surface area (Å²) in [6.07, 6.45) is 2.69. The monoisotopic (exact) mass is 478 g/mol. The lowest BCUT2D eigenvalue weighted by Crippen LogP contribution is -2.36. The summed E-state index contributed by atoms with van der Waals surface area (Å²) >= 11 is 0. The summed E-state index contributed by atoms with van der Waals surface area (Å²) in [5.41, 5.74) is 3.90. The molecule has 2 N–H and O–H groups in total. The molecule has 4 nitrogen and oxygen atoms in total. The topological polar surface area (TPSA) is 39.7 Å². The highest BCUT2D eigenvalue weighted by molar-refractivity contribution is 14.0. The van der Waals surface area contributed by atoms with Crippen molar-refractivity contribution < 1.29 is 0 Å².